The van der Waals surface area contributed by atoms with Crippen molar-refractivity contribution in [2.45, 2.75) is 45.6 Å². The van der Waals surface area contributed by atoms with E-state index in [1.165, 1.54) is 25.7 Å². The molecular formula is C12H17NO2. The fourth-order valence-corrected chi connectivity index (χ4v) is 2.72. The van der Waals surface area contributed by atoms with Crippen LogP contribution in [0.25, 0.3) is 0 Å². The smallest absolute Gasteiger partial charge is 0.337 e. The van der Waals surface area contributed by atoms with Crippen LogP contribution in [0.1, 0.15) is 53.5 Å². The molecule has 82 valence electrons. The molecule has 0 spiro atoms. The van der Waals surface area contributed by atoms with Crippen molar-refractivity contribution in [1.82, 2.24) is 4.57 Å². The van der Waals surface area contributed by atoms with Gasteiger partial charge in [0.05, 0.1) is 5.56 Å². The fraction of sp³-hybridized carbons (Fsp3) is 0.583. The summed E-state index contributed by atoms with van der Waals surface area (Å²) < 4.78 is 2.20. The third-order valence-corrected chi connectivity index (χ3v) is 3.40. The minimum atomic E-state index is -0.813. The number of aromatic carboxylic acids is 1. The van der Waals surface area contributed by atoms with Crippen LogP contribution < -0.4 is 0 Å². The summed E-state index contributed by atoms with van der Waals surface area (Å²) in [5.41, 5.74) is 2.45. The van der Waals surface area contributed by atoms with E-state index in [0.29, 0.717) is 11.6 Å². The number of hydrogen-bond acceptors (Lipinski definition) is 1. The highest BCUT2D eigenvalue weighted by molar-refractivity contribution is 5.89. The molecule has 1 aliphatic carbocycles. The topological polar surface area (TPSA) is 42.2 Å². The van der Waals surface area contributed by atoms with Gasteiger partial charge in [-0.25, -0.2) is 4.79 Å². The van der Waals surface area contributed by atoms with Gasteiger partial charge in [-0.15, -0.1) is 0 Å². The van der Waals surface area contributed by atoms with Gasteiger partial charge in [0.25, 0.3) is 0 Å². The van der Waals surface area contributed by atoms with Crippen molar-refractivity contribution in [3.05, 3.63) is 23.0 Å². The predicted molar refractivity (Wildman–Crippen MR) is 58.4 cm³/mol. The van der Waals surface area contributed by atoms with Gasteiger partial charge >= 0.3 is 5.97 Å². The molecule has 1 aromatic rings. The molecule has 1 aliphatic rings. The normalized spacial score (nSPS) is 17.2. The zero-order valence-electron chi connectivity index (χ0n) is 9.29. The van der Waals surface area contributed by atoms with Crippen LogP contribution in [-0.2, 0) is 0 Å². The average Bonchev–Trinajstić information content (AvgIpc) is 2.73. The molecule has 0 amide bonds. The predicted octanol–water partition coefficient (Wildman–Crippen LogP) is 2.92. The molecule has 3 heteroatoms. The molecule has 0 saturated heterocycles. The number of carbonyl (C=O) groups is 1. The van der Waals surface area contributed by atoms with Crippen molar-refractivity contribution in [2.24, 2.45) is 0 Å². The molecule has 2 rings (SSSR count). The van der Waals surface area contributed by atoms with Crippen LogP contribution in [0.5, 0.6) is 0 Å². The Balaban J connectivity index is 2.42. The maximum atomic E-state index is 11.0. The summed E-state index contributed by atoms with van der Waals surface area (Å²) in [5, 5.41) is 9.03. The summed E-state index contributed by atoms with van der Waals surface area (Å²) >= 11 is 0. The Morgan fingerprint density at radius 1 is 1.40 bits per heavy atom. The number of rotatable bonds is 2. The number of hydrogen-bond donors (Lipinski definition) is 1. The van der Waals surface area contributed by atoms with Gasteiger partial charge in [-0.3, -0.25) is 0 Å². The molecule has 0 atom stereocenters. The Morgan fingerprint density at radius 2 is 2.00 bits per heavy atom. The lowest BCUT2D eigenvalue weighted by atomic mass is 10.2. The highest BCUT2D eigenvalue weighted by Gasteiger charge is 2.22. The molecule has 3 nitrogen and oxygen atoms in total. The van der Waals surface area contributed by atoms with Gasteiger partial charge in [-0.05, 0) is 32.8 Å². The Labute approximate surface area is 89.7 Å². The van der Waals surface area contributed by atoms with Crippen LogP contribution >= 0.6 is 0 Å². The van der Waals surface area contributed by atoms with E-state index in [0.717, 1.165) is 11.4 Å². The molecule has 1 aromatic heterocycles. The summed E-state index contributed by atoms with van der Waals surface area (Å²) in [6.45, 7) is 3.91. The molecule has 0 radical (unpaired) electrons. The molecule has 1 fully saturated rings. The molecule has 0 unspecified atom stereocenters. The third-order valence-electron chi connectivity index (χ3n) is 3.40. The SMILES string of the molecule is Cc1cc(C(=O)O)c(C)n1C1CCCC1. The van der Waals surface area contributed by atoms with Crippen molar-refractivity contribution in [3.63, 3.8) is 0 Å². The Morgan fingerprint density at radius 3 is 2.47 bits per heavy atom. The standard InChI is InChI=1S/C12H17NO2/c1-8-7-11(12(14)15)9(2)13(8)10-5-3-4-6-10/h7,10H,3-6H2,1-2H3,(H,14,15). The molecular weight excluding hydrogens is 190 g/mol. The van der Waals surface area contributed by atoms with Gasteiger partial charge in [-0.2, -0.15) is 0 Å². The van der Waals surface area contributed by atoms with Gasteiger partial charge in [0.1, 0.15) is 0 Å². The lowest BCUT2D eigenvalue weighted by Gasteiger charge is -2.16. The quantitative estimate of drug-likeness (QED) is 0.810. The number of carboxylic acids is 1. The zero-order chi connectivity index (χ0) is 11.0. The highest BCUT2D eigenvalue weighted by atomic mass is 16.4. The highest BCUT2D eigenvalue weighted by Crippen LogP contribution is 2.33. The maximum absolute atomic E-state index is 11.0. The second-order valence-electron chi connectivity index (χ2n) is 4.40. The van der Waals surface area contributed by atoms with Crippen molar-refractivity contribution in [3.8, 4) is 0 Å². The molecule has 1 heterocycles. The lowest BCUT2D eigenvalue weighted by molar-refractivity contribution is 0.0696. The molecule has 1 saturated carbocycles. The van der Waals surface area contributed by atoms with Crippen LogP contribution in [-0.4, -0.2) is 15.6 Å². The second-order valence-corrected chi connectivity index (χ2v) is 4.40. The van der Waals surface area contributed by atoms with E-state index in [4.69, 9.17) is 5.11 Å². The molecule has 0 aromatic carbocycles. The Kier molecular flexibility index (Phi) is 2.55. The first-order valence-electron chi connectivity index (χ1n) is 5.53. The van der Waals surface area contributed by atoms with Gasteiger partial charge in [0.2, 0.25) is 0 Å². The Hall–Kier alpha value is -1.25. The van der Waals surface area contributed by atoms with Crippen molar-refractivity contribution in [1.29, 1.82) is 0 Å². The van der Waals surface area contributed by atoms with Gasteiger partial charge in [0.15, 0.2) is 0 Å². The summed E-state index contributed by atoms with van der Waals surface area (Å²) in [5.74, 6) is -0.813. The first-order chi connectivity index (χ1) is 7.11. The van der Waals surface area contributed by atoms with Crippen molar-refractivity contribution < 1.29 is 9.90 Å². The van der Waals surface area contributed by atoms with E-state index in [2.05, 4.69) is 4.57 Å². The molecule has 0 aliphatic heterocycles. The average molecular weight is 207 g/mol. The number of nitrogens with zero attached hydrogens (tertiary/aromatic N) is 1. The summed E-state index contributed by atoms with van der Waals surface area (Å²) in [7, 11) is 0. The molecule has 0 bridgehead atoms. The zero-order valence-corrected chi connectivity index (χ0v) is 9.29. The lowest BCUT2D eigenvalue weighted by Crippen LogP contribution is -2.09. The van der Waals surface area contributed by atoms with E-state index < -0.39 is 5.97 Å². The fourth-order valence-electron chi connectivity index (χ4n) is 2.72. The van der Waals surface area contributed by atoms with Gasteiger partial charge < -0.3 is 9.67 Å². The molecule has 1 N–H and O–H groups in total. The van der Waals surface area contributed by atoms with Crippen LogP contribution in [0.15, 0.2) is 6.07 Å². The first kappa shape index (κ1) is 10.3. The maximum Gasteiger partial charge on any atom is 0.337 e. The minimum Gasteiger partial charge on any atom is -0.478 e. The second kappa shape index (κ2) is 3.72. The Bertz CT molecular complexity index is 387. The van der Waals surface area contributed by atoms with E-state index in [1.54, 1.807) is 6.07 Å². The number of aryl methyl sites for hydroxylation is 1. The monoisotopic (exact) mass is 207 g/mol. The summed E-state index contributed by atoms with van der Waals surface area (Å²) in [6, 6.07) is 2.31. The third kappa shape index (κ3) is 1.66. The first-order valence-corrected chi connectivity index (χ1v) is 5.53. The van der Waals surface area contributed by atoms with Gasteiger partial charge in [-0.1, -0.05) is 12.8 Å². The van der Waals surface area contributed by atoms with Gasteiger partial charge in [0, 0.05) is 17.4 Å². The van der Waals surface area contributed by atoms with Crippen LogP contribution in [0.3, 0.4) is 0 Å². The van der Waals surface area contributed by atoms with Crippen molar-refractivity contribution in [2.75, 3.05) is 0 Å². The van der Waals surface area contributed by atoms with Crippen LogP contribution in [0.4, 0.5) is 0 Å². The number of carboxylic acid groups (broad SMARTS) is 1. The number of aromatic nitrogens is 1. The van der Waals surface area contributed by atoms with E-state index in [9.17, 15) is 4.79 Å². The largest absolute Gasteiger partial charge is 0.478 e. The van der Waals surface area contributed by atoms with Crippen molar-refractivity contribution >= 4 is 5.97 Å². The van der Waals surface area contributed by atoms with E-state index in [1.807, 2.05) is 13.8 Å². The van der Waals surface area contributed by atoms with Crippen LogP contribution in [0.2, 0.25) is 0 Å². The molecule has 15 heavy (non-hydrogen) atoms. The summed E-state index contributed by atoms with van der Waals surface area (Å²) in [4.78, 5) is 11.0. The summed E-state index contributed by atoms with van der Waals surface area (Å²) in [6.07, 6.45) is 4.92. The van der Waals surface area contributed by atoms with E-state index >= 15 is 0 Å². The van der Waals surface area contributed by atoms with Crippen LogP contribution in [0, 0.1) is 13.8 Å². The van der Waals surface area contributed by atoms with E-state index in [-0.39, 0.29) is 0 Å². The minimum absolute atomic E-state index is 0.458.